The van der Waals surface area contributed by atoms with Crippen LogP contribution in [0.15, 0.2) is 46.8 Å². The fourth-order valence-corrected chi connectivity index (χ4v) is 3.68. The Labute approximate surface area is 152 Å². The fraction of sp³-hybridized carbons (Fsp3) is 0.312. The number of hydrogen-bond donors (Lipinski definition) is 4. The fourth-order valence-electron chi connectivity index (χ4n) is 2.85. The monoisotopic (exact) mass is 375 g/mol. The number of hydrogen-bond acceptors (Lipinski definition) is 9. The van der Waals surface area contributed by atoms with Crippen LogP contribution >= 0.6 is 11.8 Å². The highest BCUT2D eigenvalue weighted by Gasteiger charge is 2.44. The second kappa shape index (κ2) is 6.82. The summed E-state index contributed by atoms with van der Waals surface area (Å²) in [5, 5.41) is 30.1. The van der Waals surface area contributed by atoms with Gasteiger partial charge in [-0.2, -0.15) is 0 Å². The molecule has 1 aliphatic heterocycles. The smallest absolute Gasteiger partial charge is 0.166 e. The maximum Gasteiger partial charge on any atom is 0.166 e. The van der Waals surface area contributed by atoms with Crippen LogP contribution < -0.4 is 5.73 Å². The minimum Gasteiger partial charge on any atom is -0.399 e. The van der Waals surface area contributed by atoms with Gasteiger partial charge in [0.2, 0.25) is 0 Å². The first-order chi connectivity index (χ1) is 12.6. The summed E-state index contributed by atoms with van der Waals surface area (Å²) < 4.78 is 7.09. The first-order valence-corrected chi connectivity index (χ1v) is 8.73. The standard InChI is InChI=1S/C16H17N5O4S/c17-8-1-3-9(4-2-8)26-15-11-14(18-6-19-15)21(7-20-11)16-13(24)12(23)10(5-22)25-16/h1-4,6-7,10,12-13,16,22-24H,5,17H2. The predicted molar refractivity (Wildman–Crippen MR) is 93.3 cm³/mol. The molecular formula is C16H17N5O4S. The summed E-state index contributed by atoms with van der Waals surface area (Å²) in [6, 6.07) is 7.38. The van der Waals surface area contributed by atoms with E-state index < -0.39 is 31.1 Å². The number of nitrogen functional groups attached to an aromatic ring is 1. The molecule has 3 heterocycles. The number of fused-ring (bicyclic) bond motifs is 1. The minimum atomic E-state index is -1.20. The second-order valence-corrected chi connectivity index (χ2v) is 6.97. The molecule has 0 spiro atoms. The summed E-state index contributed by atoms with van der Waals surface area (Å²) in [4.78, 5) is 13.8. The van der Waals surface area contributed by atoms with Gasteiger partial charge < -0.3 is 25.8 Å². The van der Waals surface area contributed by atoms with E-state index >= 15 is 0 Å². The van der Waals surface area contributed by atoms with Crippen LogP contribution in [-0.2, 0) is 4.74 Å². The van der Waals surface area contributed by atoms with Gasteiger partial charge in [-0.25, -0.2) is 15.0 Å². The molecule has 9 nitrogen and oxygen atoms in total. The molecule has 1 saturated heterocycles. The molecule has 1 aliphatic rings. The van der Waals surface area contributed by atoms with E-state index in [1.807, 2.05) is 12.1 Å². The highest BCUT2D eigenvalue weighted by atomic mass is 32.2. The van der Waals surface area contributed by atoms with Crippen molar-refractivity contribution >= 4 is 28.6 Å². The second-order valence-electron chi connectivity index (χ2n) is 5.90. The van der Waals surface area contributed by atoms with E-state index in [1.165, 1.54) is 29.0 Å². The molecule has 0 bridgehead atoms. The Hall–Kier alpha value is -2.24. The van der Waals surface area contributed by atoms with E-state index in [4.69, 9.17) is 10.5 Å². The van der Waals surface area contributed by atoms with Gasteiger partial charge in [0.05, 0.1) is 12.9 Å². The van der Waals surface area contributed by atoms with Gasteiger partial charge in [0.15, 0.2) is 11.9 Å². The van der Waals surface area contributed by atoms with Gasteiger partial charge in [-0.05, 0) is 24.3 Å². The van der Waals surface area contributed by atoms with Gasteiger partial charge in [-0.1, -0.05) is 11.8 Å². The van der Waals surface area contributed by atoms with E-state index in [9.17, 15) is 15.3 Å². The Morgan fingerprint density at radius 3 is 2.58 bits per heavy atom. The number of aliphatic hydroxyl groups excluding tert-OH is 3. The predicted octanol–water partition coefficient (Wildman–Crippen LogP) is 0.171. The number of rotatable bonds is 4. The first kappa shape index (κ1) is 17.2. The number of aliphatic hydroxyl groups is 3. The molecular weight excluding hydrogens is 358 g/mol. The average Bonchev–Trinajstić information content (AvgIpc) is 3.19. The molecule has 0 saturated carbocycles. The molecule has 26 heavy (non-hydrogen) atoms. The van der Waals surface area contributed by atoms with E-state index in [0.29, 0.717) is 21.9 Å². The summed E-state index contributed by atoms with van der Waals surface area (Å²) in [7, 11) is 0. The van der Waals surface area contributed by atoms with E-state index in [-0.39, 0.29) is 0 Å². The molecule has 1 fully saturated rings. The molecule has 3 aromatic rings. The summed E-state index contributed by atoms with van der Waals surface area (Å²) in [6.45, 7) is -0.394. The van der Waals surface area contributed by atoms with Crippen LogP contribution in [-0.4, -0.2) is 59.8 Å². The lowest BCUT2D eigenvalue weighted by Crippen LogP contribution is -2.33. The Kier molecular flexibility index (Phi) is 4.51. The number of nitrogens with zero attached hydrogens (tertiary/aromatic N) is 4. The molecule has 0 radical (unpaired) electrons. The summed E-state index contributed by atoms with van der Waals surface area (Å²) >= 11 is 1.41. The third-order valence-corrected chi connectivity index (χ3v) is 5.21. The zero-order valence-corrected chi connectivity index (χ0v) is 14.3. The van der Waals surface area contributed by atoms with Crippen molar-refractivity contribution in [1.29, 1.82) is 0 Å². The molecule has 0 amide bonds. The summed E-state index contributed by atoms with van der Waals surface area (Å²) in [6.07, 6.45) is -1.26. The first-order valence-electron chi connectivity index (χ1n) is 7.92. The minimum absolute atomic E-state index is 0.394. The molecule has 0 aliphatic carbocycles. The molecule has 4 atom stereocenters. The van der Waals surface area contributed by atoms with Crippen molar-refractivity contribution in [2.24, 2.45) is 0 Å². The van der Waals surface area contributed by atoms with Crippen molar-refractivity contribution < 1.29 is 20.1 Å². The van der Waals surface area contributed by atoms with Crippen LogP contribution in [0.1, 0.15) is 6.23 Å². The van der Waals surface area contributed by atoms with Crippen LogP contribution in [0.25, 0.3) is 11.2 Å². The molecule has 2 aromatic heterocycles. The van der Waals surface area contributed by atoms with Gasteiger partial charge in [0.25, 0.3) is 0 Å². The topological polar surface area (TPSA) is 140 Å². The Bertz CT molecular complexity index is 919. The quantitative estimate of drug-likeness (QED) is 0.371. The molecule has 4 rings (SSSR count). The van der Waals surface area contributed by atoms with Crippen molar-refractivity contribution in [3.05, 3.63) is 36.9 Å². The van der Waals surface area contributed by atoms with Gasteiger partial charge in [-0.3, -0.25) is 4.57 Å². The van der Waals surface area contributed by atoms with Gasteiger partial charge in [-0.15, -0.1) is 0 Å². The zero-order valence-electron chi connectivity index (χ0n) is 13.5. The van der Waals surface area contributed by atoms with Crippen LogP contribution in [0, 0.1) is 0 Å². The lowest BCUT2D eigenvalue weighted by atomic mass is 10.1. The largest absolute Gasteiger partial charge is 0.399 e. The number of benzene rings is 1. The Morgan fingerprint density at radius 2 is 1.88 bits per heavy atom. The lowest BCUT2D eigenvalue weighted by Gasteiger charge is -2.16. The molecule has 5 N–H and O–H groups in total. The summed E-state index contributed by atoms with van der Waals surface area (Å²) in [5.41, 5.74) is 7.39. The third kappa shape index (κ3) is 2.91. The molecule has 10 heteroatoms. The molecule has 136 valence electrons. The average molecular weight is 375 g/mol. The Morgan fingerprint density at radius 1 is 1.12 bits per heavy atom. The summed E-state index contributed by atoms with van der Waals surface area (Å²) in [5.74, 6) is 0. The van der Waals surface area contributed by atoms with Gasteiger partial charge in [0.1, 0.15) is 35.2 Å². The SMILES string of the molecule is Nc1ccc(Sc2ncnc3c2ncn3C2OC(CO)C(O)C2O)cc1. The number of imidazole rings is 1. The lowest BCUT2D eigenvalue weighted by molar-refractivity contribution is -0.0511. The highest BCUT2D eigenvalue weighted by molar-refractivity contribution is 7.99. The number of nitrogens with two attached hydrogens (primary N) is 1. The third-order valence-electron chi connectivity index (χ3n) is 4.21. The normalized spacial score (nSPS) is 25.8. The maximum atomic E-state index is 10.2. The van der Waals surface area contributed by atoms with Crippen LogP contribution in [0.2, 0.25) is 0 Å². The Balaban J connectivity index is 1.68. The zero-order chi connectivity index (χ0) is 18.3. The van der Waals surface area contributed by atoms with Gasteiger partial charge in [0, 0.05) is 10.6 Å². The van der Waals surface area contributed by atoms with E-state index in [2.05, 4.69) is 15.0 Å². The van der Waals surface area contributed by atoms with Crippen molar-refractivity contribution in [3.8, 4) is 0 Å². The van der Waals surface area contributed by atoms with Crippen molar-refractivity contribution in [2.75, 3.05) is 12.3 Å². The number of aromatic nitrogens is 4. The van der Waals surface area contributed by atoms with Crippen LogP contribution in [0.4, 0.5) is 5.69 Å². The van der Waals surface area contributed by atoms with Crippen molar-refractivity contribution in [3.63, 3.8) is 0 Å². The van der Waals surface area contributed by atoms with Crippen molar-refractivity contribution in [1.82, 2.24) is 19.5 Å². The highest BCUT2D eigenvalue weighted by Crippen LogP contribution is 2.34. The maximum absolute atomic E-state index is 10.2. The van der Waals surface area contributed by atoms with Gasteiger partial charge >= 0.3 is 0 Å². The van der Waals surface area contributed by atoms with E-state index in [0.717, 1.165) is 4.90 Å². The number of anilines is 1. The van der Waals surface area contributed by atoms with Crippen LogP contribution in [0.3, 0.4) is 0 Å². The van der Waals surface area contributed by atoms with Crippen molar-refractivity contribution in [2.45, 2.75) is 34.5 Å². The van der Waals surface area contributed by atoms with E-state index in [1.54, 1.807) is 12.1 Å². The number of ether oxygens (including phenoxy) is 1. The van der Waals surface area contributed by atoms with Crippen LogP contribution in [0.5, 0.6) is 0 Å². The molecule has 1 aromatic carbocycles. The molecule has 4 unspecified atom stereocenters.